The monoisotopic (exact) mass is 252 g/mol. The molecule has 4 bridgehead atoms. The van der Waals surface area contributed by atoms with E-state index in [0.29, 0.717) is 0 Å². The quantitative estimate of drug-likeness (QED) is 0.813. The molecule has 6 rings (SSSR count). The van der Waals surface area contributed by atoms with Crippen molar-refractivity contribution in [2.45, 2.75) is 38.0 Å². The van der Waals surface area contributed by atoms with Gasteiger partial charge in [-0.15, -0.1) is 0 Å². The van der Waals surface area contributed by atoms with Crippen LogP contribution in [-0.4, -0.2) is 9.97 Å². The molecule has 1 N–H and O–H groups in total. The predicted molar refractivity (Wildman–Crippen MR) is 75.9 cm³/mol. The van der Waals surface area contributed by atoms with Gasteiger partial charge in [-0.2, -0.15) is 0 Å². The molecule has 4 aliphatic carbocycles. The molecule has 0 unspecified atom stereocenters. The van der Waals surface area contributed by atoms with Crippen LogP contribution in [0.3, 0.4) is 0 Å². The van der Waals surface area contributed by atoms with Crippen molar-refractivity contribution >= 4 is 11.0 Å². The molecule has 4 fully saturated rings. The van der Waals surface area contributed by atoms with E-state index in [1.165, 1.54) is 43.4 Å². The van der Waals surface area contributed by atoms with E-state index in [2.05, 4.69) is 29.2 Å². The molecule has 1 aromatic heterocycles. The van der Waals surface area contributed by atoms with Crippen molar-refractivity contribution in [1.82, 2.24) is 9.97 Å². The lowest BCUT2D eigenvalue weighted by Crippen LogP contribution is -2.44. The summed E-state index contributed by atoms with van der Waals surface area (Å²) in [4.78, 5) is 8.52. The highest BCUT2D eigenvalue weighted by Gasteiger charge is 2.49. The maximum Gasteiger partial charge on any atom is 0.110 e. The summed E-state index contributed by atoms with van der Waals surface area (Å²) in [5, 5.41) is 0. The second-order valence-corrected chi connectivity index (χ2v) is 7.10. The van der Waals surface area contributed by atoms with E-state index in [-0.39, 0.29) is 0 Å². The van der Waals surface area contributed by atoms with Gasteiger partial charge in [-0.25, -0.2) is 4.98 Å². The number of nitrogens with zero attached hydrogens (tertiary/aromatic N) is 1. The first-order valence-electron chi connectivity index (χ1n) is 7.81. The number of imidazole rings is 1. The summed E-state index contributed by atoms with van der Waals surface area (Å²) < 4.78 is 0. The Balaban J connectivity index is 1.58. The lowest BCUT2D eigenvalue weighted by molar-refractivity contribution is -0.00528. The van der Waals surface area contributed by atoms with Crippen LogP contribution in [0.1, 0.15) is 43.8 Å². The van der Waals surface area contributed by atoms with Gasteiger partial charge >= 0.3 is 0 Å². The zero-order chi connectivity index (χ0) is 12.4. The molecule has 1 heterocycles. The van der Waals surface area contributed by atoms with E-state index < -0.39 is 0 Å². The molecule has 1 aromatic carbocycles. The summed E-state index contributed by atoms with van der Waals surface area (Å²) in [6, 6.07) is 8.47. The van der Waals surface area contributed by atoms with Gasteiger partial charge in [-0.3, -0.25) is 0 Å². The number of hydrogen-bond donors (Lipinski definition) is 1. The van der Waals surface area contributed by atoms with Gasteiger partial charge in [0, 0.05) is 5.92 Å². The Kier molecular flexibility index (Phi) is 2.00. The molecular formula is C17H20N2. The fourth-order valence-electron chi connectivity index (χ4n) is 5.50. The Morgan fingerprint density at radius 3 is 2.26 bits per heavy atom. The fraction of sp³-hybridized carbons (Fsp3) is 0.588. The number of H-pyrrole nitrogens is 1. The largest absolute Gasteiger partial charge is 0.342 e. The number of nitrogens with one attached hydrogen (secondary N) is 1. The molecule has 0 radical (unpaired) electrons. The smallest absolute Gasteiger partial charge is 0.110 e. The molecule has 0 amide bonds. The van der Waals surface area contributed by atoms with Crippen LogP contribution in [0.4, 0.5) is 0 Å². The van der Waals surface area contributed by atoms with Crippen LogP contribution in [0.25, 0.3) is 11.0 Å². The highest BCUT2D eigenvalue weighted by molar-refractivity contribution is 5.74. The number of benzene rings is 1. The van der Waals surface area contributed by atoms with Gasteiger partial charge in [-0.1, -0.05) is 12.1 Å². The van der Waals surface area contributed by atoms with Crippen molar-refractivity contribution in [2.24, 2.45) is 23.7 Å². The number of rotatable bonds is 1. The number of fused-ring (bicyclic) bond motifs is 1. The van der Waals surface area contributed by atoms with E-state index in [4.69, 9.17) is 4.98 Å². The molecule has 98 valence electrons. The highest BCUT2D eigenvalue weighted by Crippen LogP contribution is 2.59. The summed E-state index contributed by atoms with van der Waals surface area (Å²) in [5.74, 6) is 5.93. The molecule has 19 heavy (non-hydrogen) atoms. The maximum atomic E-state index is 4.90. The van der Waals surface area contributed by atoms with Crippen molar-refractivity contribution in [3.05, 3.63) is 30.1 Å². The van der Waals surface area contributed by atoms with Crippen LogP contribution in [-0.2, 0) is 0 Å². The molecular weight excluding hydrogens is 232 g/mol. The van der Waals surface area contributed by atoms with E-state index in [1.54, 1.807) is 0 Å². The van der Waals surface area contributed by atoms with E-state index in [9.17, 15) is 0 Å². The fourth-order valence-corrected chi connectivity index (χ4v) is 5.50. The number of aromatic amines is 1. The van der Waals surface area contributed by atoms with E-state index in [0.717, 1.165) is 35.1 Å². The van der Waals surface area contributed by atoms with Gasteiger partial charge in [0.15, 0.2) is 0 Å². The topological polar surface area (TPSA) is 28.7 Å². The SMILES string of the molecule is c1ccc2[nH]c(C3C4CC5CC(C4)CC3C5)nc2c1. The minimum atomic E-state index is 0.722. The molecule has 0 aliphatic heterocycles. The summed E-state index contributed by atoms with van der Waals surface area (Å²) in [6.07, 6.45) is 7.40. The first-order chi connectivity index (χ1) is 9.37. The van der Waals surface area contributed by atoms with Crippen LogP contribution < -0.4 is 0 Å². The van der Waals surface area contributed by atoms with Gasteiger partial charge in [0.25, 0.3) is 0 Å². The van der Waals surface area contributed by atoms with E-state index >= 15 is 0 Å². The van der Waals surface area contributed by atoms with Gasteiger partial charge < -0.3 is 4.98 Å². The number of para-hydroxylation sites is 2. The van der Waals surface area contributed by atoms with Crippen LogP contribution in [0.15, 0.2) is 24.3 Å². The minimum Gasteiger partial charge on any atom is -0.342 e. The Morgan fingerprint density at radius 2 is 1.58 bits per heavy atom. The molecule has 2 nitrogen and oxygen atoms in total. The Bertz CT molecular complexity index is 566. The average Bonchev–Trinajstić information content (AvgIpc) is 2.80. The van der Waals surface area contributed by atoms with E-state index in [1.807, 2.05) is 0 Å². The minimum absolute atomic E-state index is 0.722. The first-order valence-corrected chi connectivity index (χ1v) is 7.81. The van der Waals surface area contributed by atoms with Crippen molar-refractivity contribution in [2.75, 3.05) is 0 Å². The van der Waals surface area contributed by atoms with Crippen LogP contribution in [0.5, 0.6) is 0 Å². The predicted octanol–water partition coefficient (Wildman–Crippen LogP) is 4.10. The molecule has 0 saturated heterocycles. The molecule has 0 spiro atoms. The third-order valence-corrected chi connectivity index (χ3v) is 5.95. The van der Waals surface area contributed by atoms with Crippen LogP contribution in [0.2, 0.25) is 0 Å². The summed E-state index contributed by atoms with van der Waals surface area (Å²) >= 11 is 0. The highest BCUT2D eigenvalue weighted by atomic mass is 14.9. The van der Waals surface area contributed by atoms with Crippen LogP contribution in [0, 0.1) is 23.7 Å². The molecule has 2 aromatic rings. The van der Waals surface area contributed by atoms with Crippen molar-refractivity contribution in [1.29, 1.82) is 0 Å². The average molecular weight is 252 g/mol. The van der Waals surface area contributed by atoms with Crippen molar-refractivity contribution in [3.8, 4) is 0 Å². The third kappa shape index (κ3) is 1.46. The van der Waals surface area contributed by atoms with Crippen molar-refractivity contribution in [3.63, 3.8) is 0 Å². The molecule has 4 saturated carbocycles. The molecule has 2 heteroatoms. The Morgan fingerprint density at radius 1 is 0.895 bits per heavy atom. The van der Waals surface area contributed by atoms with Gasteiger partial charge in [0.1, 0.15) is 5.82 Å². The second kappa shape index (κ2) is 3.62. The molecule has 0 atom stereocenters. The Hall–Kier alpha value is -1.31. The number of aromatic nitrogens is 2. The first kappa shape index (κ1) is 10.5. The van der Waals surface area contributed by atoms with Gasteiger partial charge in [0.2, 0.25) is 0 Å². The zero-order valence-corrected chi connectivity index (χ0v) is 11.2. The zero-order valence-electron chi connectivity index (χ0n) is 11.2. The Labute approximate surface area is 113 Å². The third-order valence-electron chi connectivity index (χ3n) is 5.95. The summed E-state index contributed by atoms with van der Waals surface area (Å²) in [6.45, 7) is 0. The second-order valence-electron chi connectivity index (χ2n) is 7.10. The lowest BCUT2D eigenvalue weighted by atomic mass is 9.52. The van der Waals surface area contributed by atoms with Gasteiger partial charge in [0.05, 0.1) is 11.0 Å². The standard InChI is InChI=1S/C17H20N2/c1-2-4-15-14(3-1)18-17(19-15)16-12-6-10-5-11(8-12)9-13(16)7-10/h1-4,10-13,16H,5-9H2,(H,18,19). The lowest BCUT2D eigenvalue weighted by Gasteiger charge is -2.53. The molecule has 4 aliphatic rings. The normalized spacial score (nSPS) is 40.1. The van der Waals surface area contributed by atoms with Crippen LogP contribution >= 0.6 is 0 Å². The summed E-state index contributed by atoms with van der Waals surface area (Å²) in [7, 11) is 0. The number of hydrogen-bond acceptors (Lipinski definition) is 1. The summed E-state index contributed by atoms with van der Waals surface area (Å²) in [5.41, 5.74) is 2.36. The maximum absolute atomic E-state index is 4.90. The van der Waals surface area contributed by atoms with Gasteiger partial charge in [-0.05, 0) is 67.9 Å². The van der Waals surface area contributed by atoms with Crippen molar-refractivity contribution < 1.29 is 0 Å².